The van der Waals surface area contributed by atoms with E-state index < -0.39 is 0 Å². The van der Waals surface area contributed by atoms with Gasteiger partial charge in [0.05, 0.1) is 31.6 Å². The topological polar surface area (TPSA) is 59.6 Å². The summed E-state index contributed by atoms with van der Waals surface area (Å²) < 4.78 is 10.2. The van der Waals surface area contributed by atoms with Crippen LogP contribution in [0.5, 0.6) is 0 Å². The summed E-state index contributed by atoms with van der Waals surface area (Å²) in [5, 5.41) is 7.33. The zero-order valence-electron chi connectivity index (χ0n) is 12.3. The van der Waals surface area contributed by atoms with Crippen LogP contribution in [0.1, 0.15) is 23.7 Å². The van der Waals surface area contributed by atoms with Crippen molar-refractivity contribution in [1.82, 2.24) is 5.32 Å². The van der Waals surface area contributed by atoms with Gasteiger partial charge in [-0.1, -0.05) is 11.6 Å². The molecular weight excluding hydrogens is 292 g/mol. The number of methoxy groups -OCH3 is 1. The Labute approximate surface area is 130 Å². The van der Waals surface area contributed by atoms with Gasteiger partial charge in [0.25, 0.3) is 0 Å². The molecule has 0 radical (unpaired) electrons. The molecule has 5 nitrogen and oxygen atoms in total. The molecule has 0 bridgehead atoms. The first-order valence-corrected chi connectivity index (χ1v) is 7.43. The van der Waals surface area contributed by atoms with E-state index in [4.69, 9.17) is 21.1 Å². The highest BCUT2D eigenvalue weighted by atomic mass is 35.5. The number of anilines is 1. The number of ether oxygens (including phenoxy) is 2. The van der Waals surface area contributed by atoms with Gasteiger partial charge in [-0.15, -0.1) is 0 Å². The molecule has 2 rings (SSSR count). The molecule has 1 aliphatic rings. The quantitative estimate of drug-likeness (QED) is 0.817. The lowest BCUT2D eigenvalue weighted by Gasteiger charge is -2.27. The summed E-state index contributed by atoms with van der Waals surface area (Å²) in [4.78, 5) is 11.8. The fourth-order valence-electron chi connectivity index (χ4n) is 2.45. The molecule has 1 fully saturated rings. The fourth-order valence-corrected chi connectivity index (χ4v) is 2.62. The van der Waals surface area contributed by atoms with Gasteiger partial charge >= 0.3 is 5.97 Å². The number of esters is 1. The summed E-state index contributed by atoms with van der Waals surface area (Å²) >= 11 is 6.02. The zero-order chi connectivity index (χ0) is 15.2. The molecule has 2 atom stereocenters. The van der Waals surface area contributed by atoms with E-state index in [0.717, 1.165) is 19.6 Å². The van der Waals surface area contributed by atoms with Gasteiger partial charge in [0.2, 0.25) is 0 Å². The number of benzene rings is 1. The highest BCUT2D eigenvalue weighted by molar-refractivity contribution is 6.31. The summed E-state index contributed by atoms with van der Waals surface area (Å²) in [6.07, 6.45) is 0.896. The lowest BCUT2D eigenvalue weighted by molar-refractivity contribution is 0.0601. The Bertz CT molecular complexity index is 490. The van der Waals surface area contributed by atoms with Crippen molar-refractivity contribution < 1.29 is 14.3 Å². The van der Waals surface area contributed by atoms with Gasteiger partial charge in [-0.3, -0.25) is 0 Å². The van der Waals surface area contributed by atoms with Crippen LogP contribution in [0.3, 0.4) is 0 Å². The highest BCUT2D eigenvalue weighted by Gasteiger charge is 2.18. The number of rotatable bonds is 5. The van der Waals surface area contributed by atoms with Gasteiger partial charge in [-0.05, 0) is 31.5 Å². The molecule has 6 heteroatoms. The van der Waals surface area contributed by atoms with E-state index in [1.165, 1.54) is 7.11 Å². The molecular formula is C15H21ClN2O3. The highest BCUT2D eigenvalue weighted by Crippen LogP contribution is 2.23. The predicted molar refractivity (Wildman–Crippen MR) is 83.1 cm³/mol. The van der Waals surface area contributed by atoms with Crippen LogP contribution < -0.4 is 10.6 Å². The summed E-state index contributed by atoms with van der Waals surface area (Å²) in [5.41, 5.74) is 1.18. The molecule has 21 heavy (non-hydrogen) atoms. The molecule has 2 unspecified atom stereocenters. The summed E-state index contributed by atoms with van der Waals surface area (Å²) in [7, 11) is 1.37. The van der Waals surface area contributed by atoms with Crippen molar-refractivity contribution in [3.63, 3.8) is 0 Å². The first kappa shape index (κ1) is 16.1. The predicted octanol–water partition coefficient (Wildman–Crippen LogP) is 2.31. The van der Waals surface area contributed by atoms with Gasteiger partial charge in [0.15, 0.2) is 0 Å². The first-order chi connectivity index (χ1) is 10.1. The molecule has 116 valence electrons. The van der Waals surface area contributed by atoms with Crippen LogP contribution in [-0.2, 0) is 9.47 Å². The molecule has 1 heterocycles. The molecule has 0 amide bonds. The number of hydrogen-bond acceptors (Lipinski definition) is 5. The number of carbonyl (C=O) groups is 1. The minimum atomic E-state index is -0.375. The number of hydrogen-bond donors (Lipinski definition) is 2. The Hall–Kier alpha value is -1.30. The zero-order valence-corrected chi connectivity index (χ0v) is 13.1. The van der Waals surface area contributed by atoms with E-state index in [2.05, 4.69) is 17.6 Å². The number of halogens is 1. The Morgan fingerprint density at radius 1 is 1.62 bits per heavy atom. The molecule has 0 aliphatic carbocycles. The minimum absolute atomic E-state index is 0.172. The molecule has 0 saturated carbocycles. The van der Waals surface area contributed by atoms with Crippen molar-refractivity contribution in [2.75, 3.05) is 32.2 Å². The standard InChI is InChI=1S/C15H21ClN2O3/c1-10(7-12-9-21-6-5-17-12)18-14-8-11(16)3-4-13(14)15(19)20-2/h3-4,8,10,12,17-18H,5-7,9H2,1-2H3. The van der Waals surface area contributed by atoms with E-state index in [1.807, 2.05) is 0 Å². The lowest BCUT2D eigenvalue weighted by atomic mass is 10.1. The lowest BCUT2D eigenvalue weighted by Crippen LogP contribution is -2.43. The molecule has 2 N–H and O–H groups in total. The van der Waals surface area contributed by atoms with Crippen molar-refractivity contribution >= 4 is 23.3 Å². The second-order valence-corrected chi connectivity index (χ2v) is 5.62. The van der Waals surface area contributed by atoms with Crippen LogP contribution in [0.15, 0.2) is 18.2 Å². The van der Waals surface area contributed by atoms with Crippen molar-refractivity contribution in [2.24, 2.45) is 0 Å². The van der Waals surface area contributed by atoms with Gasteiger partial charge < -0.3 is 20.1 Å². The summed E-state index contributed by atoms with van der Waals surface area (Å²) in [5.74, 6) is -0.375. The maximum Gasteiger partial charge on any atom is 0.339 e. The summed E-state index contributed by atoms with van der Waals surface area (Å²) in [6.45, 7) is 4.42. The van der Waals surface area contributed by atoms with Crippen molar-refractivity contribution in [3.05, 3.63) is 28.8 Å². The van der Waals surface area contributed by atoms with E-state index in [9.17, 15) is 4.79 Å². The maximum atomic E-state index is 11.8. The second kappa shape index (κ2) is 7.64. The van der Waals surface area contributed by atoms with Gasteiger partial charge in [-0.2, -0.15) is 0 Å². The monoisotopic (exact) mass is 312 g/mol. The summed E-state index contributed by atoms with van der Waals surface area (Å²) in [6, 6.07) is 5.59. The molecule has 0 spiro atoms. The molecule has 1 saturated heterocycles. The number of carbonyl (C=O) groups excluding carboxylic acids is 1. The van der Waals surface area contributed by atoms with E-state index in [1.54, 1.807) is 18.2 Å². The van der Waals surface area contributed by atoms with Crippen molar-refractivity contribution in [1.29, 1.82) is 0 Å². The smallest absolute Gasteiger partial charge is 0.339 e. The Morgan fingerprint density at radius 2 is 2.43 bits per heavy atom. The van der Waals surface area contributed by atoms with Crippen LogP contribution >= 0.6 is 11.6 Å². The molecule has 1 aliphatic heterocycles. The number of morpholine rings is 1. The fraction of sp³-hybridized carbons (Fsp3) is 0.533. The van der Waals surface area contributed by atoms with Gasteiger partial charge in [-0.25, -0.2) is 4.79 Å². The third kappa shape index (κ3) is 4.59. The van der Waals surface area contributed by atoms with E-state index in [-0.39, 0.29) is 12.0 Å². The van der Waals surface area contributed by atoms with Crippen molar-refractivity contribution in [2.45, 2.75) is 25.4 Å². The molecule has 0 aromatic heterocycles. The molecule has 1 aromatic rings. The Kier molecular flexibility index (Phi) is 5.85. The Morgan fingerprint density at radius 3 is 3.10 bits per heavy atom. The minimum Gasteiger partial charge on any atom is -0.465 e. The third-order valence-corrected chi connectivity index (χ3v) is 3.66. The van der Waals surface area contributed by atoms with Crippen LogP contribution in [0, 0.1) is 0 Å². The van der Waals surface area contributed by atoms with Crippen molar-refractivity contribution in [3.8, 4) is 0 Å². The first-order valence-electron chi connectivity index (χ1n) is 7.05. The molecule has 1 aromatic carbocycles. The van der Waals surface area contributed by atoms with Gasteiger partial charge in [0, 0.05) is 23.7 Å². The maximum absolute atomic E-state index is 11.8. The van der Waals surface area contributed by atoms with Crippen LogP contribution in [0.4, 0.5) is 5.69 Å². The van der Waals surface area contributed by atoms with E-state index >= 15 is 0 Å². The SMILES string of the molecule is COC(=O)c1ccc(Cl)cc1NC(C)CC1COCCN1. The average molecular weight is 313 g/mol. The average Bonchev–Trinajstić information content (AvgIpc) is 2.47. The second-order valence-electron chi connectivity index (χ2n) is 5.19. The largest absolute Gasteiger partial charge is 0.465 e. The number of nitrogens with one attached hydrogen (secondary N) is 2. The van der Waals surface area contributed by atoms with Crippen LogP contribution in [0.25, 0.3) is 0 Å². The van der Waals surface area contributed by atoms with Gasteiger partial charge in [0.1, 0.15) is 0 Å². The normalized spacial score (nSPS) is 19.9. The van der Waals surface area contributed by atoms with Crippen LogP contribution in [-0.4, -0.2) is 44.9 Å². The Balaban J connectivity index is 2.03. The van der Waals surface area contributed by atoms with E-state index in [0.29, 0.717) is 28.9 Å². The third-order valence-electron chi connectivity index (χ3n) is 3.43. The van der Waals surface area contributed by atoms with Crippen LogP contribution in [0.2, 0.25) is 5.02 Å².